The van der Waals surface area contributed by atoms with Crippen LogP contribution in [0.4, 0.5) is 0 Å². The summed E-state index contributed by atoms with van der Waals surface area (Å²) in [6, 6.07) is -0.277. The number of benzene rings is 1. The van der Waals surface area contributed by atoms with Crippen molar-refractivity contribution < 1.29 is 44.1 Å². The molecule has 1 rings (SSSR count). The highest BCUT2D eigenvalue weighted by Crippen LogP contribution is 2.12. The second kappa shape index (κ2) is 13.8. The molecule has 1 aromatic rings. The number of carbonyl (C=O) groups is 6. The third-order valence-electron chi connectivity index (χ3n) is 4.57. The van der Waals surface area contributed by atoms with Gasteiger partial charge in [-0.25, -0.2) is 4.79 Å². The van der Waals surface area contributed by atoms with Gasteiger partial charge in [-0.3, -0.25) is 24.0 Å². The zero-order valence-electron chi connectivity index (χ0n) is 18.3. The molecule has 0 aliphatic heterocycles. The van der Waals surface area contributed by atoms with Crippen LogP contribution in [0.5, 0.6) is 5.75 Å². The SMILES string of the molecule is NC(=O)CC(NC(=O)C(CC(=O)O)NC(=O)C(Cc1ccc(O)cc1)NC(=O)C(N)CS)C(=O)O. The van der Waals surface area contributed by atoms with Crippen molar-refractivity contribution >= 4 is 48.2 Å². The number of aromatic hydroxyl groups is 1. The number of phenolic OH excluding ortho intramolecular Hbond substituents is 1. The number of carboxylic acids is 2. The summed E-state index contributed by atoms with van der Waals surface area (Å²) in [6.07, 6.45) is -1.83. The lowest BCUT2D eigenvalue weighted by molar-refractivity contribution is -0.144. The first-order chi connectivity index (χ1) is 16.3. The van der Waals surface area contributed by atoms with E-state index in [-0.39, 0.29) is 17.9 Å². The molecule has 0 aromatic heterocycles. The standard InChI is InChI=1S/C20H27N5O9S/c21-11(8-35)17(30)23-12(5-9-1-3-10(26)4-2-9)18(31)24-13(7-16(28)29)19(32)25-14(20(33)34)6-15(22)27/h1-4,11-14,26,35H,5-8,21H2,(H2,22,27)(H,23,30)(H,24,31)(H,25,32)(H,28,29)(H,33,34). The average molecular weight is 514 g/mol. The zero-order valence-corrected chi connectivity index (χ0v) is 19.2. The summed E-state index contributed by atoms with van der Waals surface area (Å²) in [5.41, 5.74) is 11.1. The molecule has 0 saturated carbocycles. The summed E-state index contributed by atoms with van der Waals surface area (Å²) in [6.45, 7) is 0. The van der Waals surface area contributed by atoms with Crippen LogP contribution < -0.4 is 27.4 Å². The van der Waals surface area contributed by atoms with Crippen molar-refractivity contribution in [3.05, 3.63) is 29.8 Å². The summed E-state index contributed by atoms with van der Waals surface area (Å²) in [5.74, 6) is -7.13. The van der Waals surface area contributed by atoms with Crippen molar-refractivity contribution in [2.45, 2.75) is 43.4 Å². The fourth-order valence-corrected chi connectivity index (χ4v) is 2.93. The highest BCUT2D eigenvalue weighted by atomic mass is 32.1. The van der Waals surface area contributed by atoms with Gasteiger partial charge in [0.1, 0.15) is 23.9 Å². The van der Waals surface area contributed by atoms with E-state index >= 15 is 0 Å². The van der Waals surface area contributed by atoms with Crippen LogP contribution in [-0.2, 0) is 35.2 Å². The van der Waals surface area contributed by atoms with Gasteiger partial charge in [-0.05, 0) is 17.7 Å². The Morgan fingerprint density at radius 2 is 1.34 bits per heavy atom. The molecule has 15 heteroatoms. The van der Waals surface area contributed by atoms with Crippen molar-refractivity contribution in [1.82, 2.24) is 16.0 Å². The largest absolute Gasteiger partial charge is 0.508 e. The van der Waals surface area contributed by atoms with Crippen molar-refractivity contribution in [3.63, 3.8) is 0 Å². The fourth-order valence-electron chi connectivity index (χ4n) is 2.77. The number of nitrogens with one attached hydrogen (secondary N) is 3. The van der Waals surface area contributed by atoms with E-state index in [0.717, 1.165) is 0 Å². The summed E-state index contributed by atoms with van der Waals surface area (Å²) in [4.78, 5) is 71.4. The van der Waals surface area contributed by atoms with Crippen molar-refractivity contribution in [2.24, 2.45) is 11.5 Å². The van der Waals surface area contributed by atoms with Gasteiger partial charge >= 0.3 is 11.9 Å². The van der Waals surface area contributed by atoms with Crippen LogP contribution in [0.2, 0.25) is 0 Å². The van der Waals surface area contributed by atoms with Crippen LogP contribution in [-0.4, -0.2) is 80.8 Å². The Kier molecular flexibility index (Phi) is 11.5. The Morgan fingerprint density at radius 3 is 1.83 bits per heavy atom. The molecule has 0 spiro atoms. The lowest BCUT2D eigenvalue weighted by atomic mass is 10.0. The highest BCUT2D eigenvalue weighted by Gasteiger charge is 2.32. The van der Waals surface area contributed by atoms with Gasteiger partial charge in [-0.2, -0.15) is 12.6 Å². The minimum Gasteiger partial charge on any atom is -0.508 e. The Balaban J connectivity index is 3.13. The lowest BCUT2D eigenvalue weighted by Crippen LogP contribution is -2.58. The second-order valence-corrected chi connectivity index (χ2v) is 7.81. The number of carboxylic acid groups (broad SMARTS) is 2. The van der Waals surface area contributed by atoms with Gasteiger partial charge in [-0.1, -0.05) is 12.1 Å². The summed E-state index contributed by atoms with van der Waals surface area (Å²) in [7, 11) is 0. The van der Waals surface area contributed by atoms with Crippen molar-refractivity contribution in [3.8, 4) is 5.75 Å². The molecule has 4 unspecified atom stereocenters. The molecule has 0 radical (unpaired) electrons. The maximum atomic E-state index is 13.0. The van der Waals surface area contributed by atoms with E-state index < -0.39 is 72.6 Å². The number of rotatable bonds is 14. The van der Waals surface area contributed by atoms with Crippen molar-refractivity contribution in [1.29, 1.82) is 0 Å². The monoisotopic (exact) mass is 513 g/mol. The van der Waals surface area contributed by atoms with Gasteiger partial charge in [0, 0.05) is 12.2 Å². The van der Waals surface area contributed by atoms with E-state index in [9.17, 15) is 33.9 Å². The second-order valence-electron chi connectivity index (χ2n) is 7.45. The van der Waals surface area contributed by atoms with E-state index in [1.54, 1.807) is 0 Å². The Bertz CT molecular complexity index is 957. The van der Waals surface area contributed by atoms with Gasteiger partial charge < -0.3 is 42.7 Å². The quantitative estimate of drug-likeness (QED) is 0.115. The third kappa shape index (κ3) is 10.3. The van der Waals surface area contributed by atoms with Gasteiger partial charge in [0.05, 0.1) is 18.9 Å². The van der Waals surface area contributed by atoms with Crippen LogP contribution in [0.3, 0.4) is 0 Å². The molecular weight excluding hydrogens is 486 g/mol. The zero-order chi connectivity index (χ0) is 26.7. The normalized spacial score (nSPS) is 14.0. The van der Waals surface area contributed by atoms with E-state index in [2.05, 4.69) is 23.3 Å². The first-order valence-corrected chi connectivity index (χ1v) is 10.8. The Morgan fingerprint density at radius 1 is 0.829 bits per heavy atom. The maximum absolute atomic E-state index is 13.0. The number of nitrogens with two attached hydrogens (primary N) is 2. The smallest absolute Gasteiger partial charge is 0.326 e. The molecule has 0 saturated heterocycles. The molecule has 35 heavy (non-hydrogen) atoms. The molecular formula is C20H27N5O9S. The van der Waals surface area contributed by atoms with Gasteiger partial charge in [0.25, 0.3) is 0 Å². The number of phenols is 1. The van der Waals surface area contributed by atoms with E-state index in [1.165, 1.54) is 24.3 Å². The van der Waals surface area contributed by atoms with E-state index in [0.29, 0.717) is 5.56 Å². The molecule has 4 amide bonds. The average Bonchev–Trinajstić information content (AvgIpc) is 2.77. The number of carbonyl (C=O) groups excluding carboxylic acids is 4. The third-order valence-corrected chi connectivity index (χ3v) is 4.97. The van der Waals surface area contributed by atoms with Crippen molar-refractivity contribution in [2.75, 3.05) is 5.75 Å². The maximum Gasteiger partial charge on any atom is 0.326 e. The van der Waals surface area contributed by atoms with Crippen LogP contribution in [0, 0.1) is 0 Å². The molecule has 4 atom stereocenters. The Labute approximate surface area is 204 Å². The first kappa shape index (κ1) is 29.2. The summed E-state index contributed by atoms with van der Waals surface area (Å²) < 4.78 is 0. The van der Waals surface area contributed by atoms with Crippen LogP contribution >= 0.6 is 12.6 Å². The van der Waals surface area contributed by atoms with Gasteiger partial charge in [0.15, 0.2) is 0 Å². The molecule has 1 aromatic carbocycles. The molecule has 0 fully saturated rings. The highest BCUT2D eigenvalue weighted by molar-refractivity contribution is 7.80. The first-order valence-electron chi connectivity index (χ1n) is 10.1. The summed E-state index contributed by atoms with van der Waals surface area (Å²) >= 11 is 3.92. The number of hydrogen-bond donors (Lipinski definition) is 9. The van der Waals surface area contributed by atoms with Crippen LogP contribution in [0.25, 0.3) is 0 Å². The molecule has 10 N–H and O–H groups in total. The fraction of sp³-hybridized carbons (Fsp3) is 0.400. The Hall–Kier alpha value is -3.85. The van der Waals surface area contributed by atoms with E-state index in [4.69, 9.17) is 21.7 Å². The molecule has 0 heterocycles. The summed E-state index contributed by atoms with van der Waals surface area (Å²) in [5, 5.41) is 34.3. The minimum atomic E-state index is -1.76. The topological polar surface area (TPSA) is 251 Å². The molecule has 192 valence electrons. The number of thiol groups is 1. The number of primary amides is 1. The molecule has 14 nitrogen and oxygen atoms in total. The van der Waals surface area contributed by atoms with Crippen LogP contribution in [0.1, 0.15) is 18.4 Å². The number of amides is 4. The predicted octanol–water partition coefficient (Wildman–Crippen LogP) is -2.92. The van der Waals surface area contributed by atoms with Crippen LogP contribution in [0.15, 0.2) is 24.3 Å². The predicted molar refractivity (Wildman–Crippen MR) is 123 cm³/mol. The van der Waals surface area contributed by atoms with Gasteiger partial charge in [-0.15, -0.1) is 0 Å². The minimum absolute atomic E-state index is 0.0418. The number of hydrogen-bond acceptors (Lipinski definition) is 9. The molecule has 0 aliphatic carbocycles. The molecule has 0 aliphatic rings. The van der Waals surface area contributed by atoms with Gasteiger partial charge in [0.2, 0.25) is 23.6 Å². The molecule has 0 bridgehead atoms. The lowest BCUT2D eigenvalue weighted by Gasteiger charge is -2.24. The van der Waals surface area contributed by atoms with E-state index in [1.807, 2.05) is 5.32 Å². The number of aliphatic carboxylic acids is 2.